The standard InChI is InChI=1S/C65H115N19O21/c1-36(2)53(84-62(101)44(24-25-50(87)88)81-63(102)47(33-52(91)92)76-49(86)34-72-55(94)38(5)74-54(93)37(3)4)64(103)83-46(32-51(89)90)56(95)73-35-48(85)75-39(18-6-12-26-66)57(96)77-40(19-7-13-27-67)58(97)78-41(20-8-14-28-68)59(98)79-42(21-9-15-29-69)60(99)80-43(22-10-16-30-70)61(100)82-45(65(104)105)23-11-17-31-71/h36,38-47,53H,3,6-35,66-71H2,1-2,4-5H3,(H,72,94)(H,73,95)(H,74,93)(H,75,85)(H,76,86)(H,77,96)(H,78,97)(H,79,98)(H,80,99)(H,81,102)(H,82,100)(H,83,103)(H,84,101)(H,87,88)(H,89,90)(H,91,92)(H,104,105)/t38-,39-,40-,41-,42-,43-,44-,45-,46-,47-,53-/m0/s1. The number of carboxylic acids is 4. The van der Waals surface area contributed by atoms with Crippen molar-refractivity contribution in [2.45, 2.75) is 235 Å². The summed E-state index contributed by atoms with van der Waals surface area (Å²) in [4.78, 5) is 225. The fourth-order valence-electron chi connectivity index (χ4n) is 10.0. The van der Waals surface area contributed by atoms with Crippen LogP contribution in [0, 0.1) is 5.92 Å². The van der Waals surface area contributed by atoms with Gasteiger partial charge in [0.15, 0.2) is 0 Å². The van der Waals surface area contributed by atoms with Crippen LogP contribution < -0.4 is 104 Å². The number of nitrogens with two attached hydrogens (primary N) is 6. The first kappa shape index (κ1) is 95.5. The Bertz CT molecular complexity index is 2890. The molecule has 0 bridgehead atoms. The second-order valence-corrected chi connectivity index (χ2v) is 25.5. The van der Waals surface area contributed by atoms with Gasteiger partial charge in [-0.15, -0.1) is 0 Å². The minimum Gasteiger partial charge on any atom is -0.481 e. The Kier molecular flexibility index (Phi) is 49.3. The summed E-state index contributed by atoms with van der Waals surface area (Å²) in [5.74, 6) is -19.9. The van der Waals surface area contributed by atoms with Crippen LogP contribution in [-0.2, 0) is 81.5 Å². The van der Waals surface area contributed by atoms with E-state index < -0.39 is 212 Å². The zero-order valence-electron chi connectivity index (χ0n) is 60.5. The molecule has 0 saturated carbocycles. The lowest BCUT2D eigenvalue weighted by Crippen LogP contribution is -2.60. The third-order valence-electron chi connectivity index (χ3n) is 16.0. The number of hydrogen-bond donors (Lipinski definition) is 23. The van der Waals surface area contributed by atoms with Gasteiger partial charge in [0.05, 0.1) is 25.9 Å². The van der Waals surface area contributed by atoms with Crippen LogP contribution in [0.25, 0.3) is 0 Å². The first-order valence-electron chi connectivity index (χ1n) is 35.2. The lowest BCUT2D eigenvalue weighted by Gasteiger charge is -2.28. The molecule has 105 heavy (non-hydrogen) atoms. The predicted molar refractivity (Wildman–Crippen MR) is 379 cm³/mol. The third kappa shape index (κ3) is 41.5. The highest BCUT2D eigenvalue weighted by atomic mass is 16.4. The first-order chi connectivity index (χ1) is 49.6. The molecule has 0 heterocycles. The fraction of sp³-hybridized carbons (Fsp3) is 0.708. The van der Waals surface area contributed by atoms with Crippen LogP contribution in [0.4, 0.5) is 0 Å². The predicted octanol–water partition coefficient (Wildman–Crippen LogP) is -6.52. The maximum absolute atomic E-state index is 14.4. The van der Waals surface area contributed by atoms with Gasteiger partial charge in [0.2, 0.25) is 76.8 Å². The molecule has 0 unspecified atom stereocenters. The number of nitrogens with one attached hydrogen (secondary N) is 13. The van der Waals surface area contributed by atoms with Crippen molar-refractivity contribution in [2.75, 3.05) is 52.4 Å². The van der Waals surface area contributed by atoms with Crippen LogP contribution in [0.15, 0.2) is 12.2 Å². The van der Waals surface area contributed by atoms with Crippen molar-refractivity contribution < 1.29 is 102 Å². The summed E-state index contributed by atoms with van der Waals surface area (Å²) in [6, 6.07) is -16.7. The van der Waals surface area contributed by atoms with Gasteiger partial charge in [-0.2, -0.15) is 0 Å². The molecule has 0 aromatic carbocycles. The molecule has 0 aliphatic rings. The van der Waals surface area contributed by atoms with Gasteiger partial charge >= 0.3 is 23.9 Å². The van der Waals surface area contributed by atoms with Crippen LogP contribution in [-0.4, -0.2) is 240 Å². The van der Waals surface area contributed by atoms with E-state index in [4.69, 9.17) is 34.4 Å². The van der Waals surface area contributed by atoms with Gasteiger partial charge in [0, 0.05) is 12.0 Å². The van der Waals surface area contributed by atoms with Gasteiger partial charge < -0.3 is 124 Å². The largest absolute Gasteiger partial charge is 0.481 e. The monoisotopic (exact) mass is 1500 g/mol. The second-order valence-electron chi connectivity index (χ2n) is 25.5. The summed E-state index contributed by atoms with van der Waals surface area (Å²) in [6.07, 6.45) is 0.599. The smallest absolute Gasteiger partial charge is 0.326 e. The van der Waals surface area contributed by atoms with Gasteiger partial charge in [-0.3, -0.25) is 76.7 Å². The molecule has 11 atom stereocenters. The maximum Gasteiger partial charge on any atom is 0.326 e. The van der Waals surface area contributed by atoms with E-state index in [1.165, 1.54) is 27.7 Å². The number of carbonyl (C=O) groups excluding carboxylic acids is 13. The Balaban J connectivity index is 6.81. The van der Waals surface area contributed by atoms with E-state index >= 15 is 0 Å². The fourth-order valence-corrected chi connectivity index (χ4v) is 10.0. The van der Waals surface area contributed by atoms with Crippen molar-refractivity contribution in [3.63, 3.8) is 0 Å². The van der Waals surface area contributed by atoms with E-state index in [0.717, 1.165) is 0 Å². The van der Waals surface area contributed by atoms with Crippen molar-refractivity contribution >= 4 is 101 Å². The lowest BCUT2D eigenvalue weighted by atomic mass is 10.0. The van der Waals surface area contributed by atoms with E-state index in [1.807, 2.05) is 0 Å². The molecule has 0 rings (SSSR count). The summed E-state index contributed by atoms with van der Waals surface area (Å²) in [7, 11) is 0. The number of hydrogen-bond acceptors (Lipinski definition) is 23. The molecule has 0 radical (unpaired) electrons. The minimum absolute atomic E-state index is 0.0155. The molecule has 0 aliphatic carbocycles. The molecule has 13 amide bonds. The Morgan fingerprint density at radius 1 is 0.314 bits per heavy atom. The van der Waals surface area contributed by atoms with Gasteiger partial charge in [0.25, 0.3) is 0 Å². The SMILES string of the molecule is C=C(C)C(=O)N[C@@H](C)C(=O)NCC(=O)N[C@@H](CC(=O)O)C(=O)N[C@@H](CCC(=O)O)C(=O)N[C@H](C(=O)N[C@@H](CC(=O)O)C(=O)NCC(=O)N[C@@H](CCCCN)C(=O)N[C@@H](CCCCN)C(=O)N[C@@H](CCCCN)C(=O)N[C@@H](CCCCN)C(=O)N[C@@H](CCCCN)C(=O)N[C@@H](CCCCN)C(=O)O)C(C)C. The highest BCUT2D eigenvalue weighted by Gasteiger charge is 2.37. The molecule has 0 aromatic heterocycles. The van der Waals surface area contributed by atoms with Crippen LogP contribution in [0.2, 0.25) is 0 Å². The van der Waals surface area contributed by atoms with E-state index in [9.17, 15) is 102 Å². The van der Waals surface area contributed by atoms with Crippen LogP contribution in [0.5, 0.6) is 0 Å². The molecule has 596 valence electrons. The summed E-state index contributed by atoms with van der Waals surface area (Å²) < 4.78 is 0. The Labute approximate surface area is 610 Å². The maximum atomic E-state index is 14.4. The normalized spacial score (nSPS) is 14.1. The average Bonchev–Trinajstić information content (AvgIpc) is 0.866. The third-order valence-corrected chi connectivity index (χ3v) is 16.0. The molecule has 0 fully saturated rings. The second kappa shape index (κ2) is 54.2. The van der Waals surface area contributed by atoms with Crippen molar-refractivity contribution in [1.82, 2.24) is 69.1 Å². The molecular formula is C65H115N19O21. The van der Waals surface area contributed by atoms with Crippen LogP contribution in [0.3, 0.4) is 0 Å². The summed E-state index contributed by atoms with van der Waals surface area (Å²) >= 11 is 0. The molecule has 40 nitrogen and oxygen atoms in total. The van der Waals surface area contributed by atoms with E-state index in [-0.39, 0.29) is 96.1 Å². The van der Waals surface area contributed by atoms with Crippen molar-refractivity contribution in [3.05, 3.63) is 12.2 Å². The van der Waals surface area contributed by atoms with Crippen molar-refractivity contribution in [1.29, 1.82) is 0 Å². The number of aliphatic carboxylic acids is 4. The topological polar surface area (TPSA) is 684 Å². The van der Waals surface area contributed by atoms with E-state index in [2.05, 4.69) is 75.7 Å². The number of carboxylic acid groups (broad SMARTS) is 4. The molecule has 29 N–H and O–H groups in total. The summed E-state index contributed by atoms with van der Waals surface area (Å²) in [5.41, 5.74) is 34.5. The number of amides is 13. The van der Waals surface area contributed by atoms with Crippen LogP contribution in [0.1, 0.15) is 169 Å². The lowest BCUT2D eigenvalue weighted by molar-refractivity contribution is -0.143. The zero-order chi connectivity index (χ0) is 79.7. The van der Waals surface area contributed by atoms with E-state index in [1.54, 1.807) is 0 Å². The number of carbonyl (C=O) groups is 17. The van der Waals surface area contributed by atoms with Crippen molar-refractivity contribution in [2.24, 2.45) is 40.3 Å². The van der Waals surface area contributed by atoms with E-state index in [0.29, 0.717) is 64.3 Å². The molecule has 0 saturated heterocycles. The quantitative estimate of drug-likeness (QED) is 0.0199. The number of unbranched alkanes of at least 4 members (excludes halogenated alkanes) is 6. The van der Waals surface area contributed by atoms with Gasteiger partial charge in [-0.05, 0) is 181 Å². The summed E-state index contributed by atoms with van der Waals surface area (Å²) in [5, 5.41) is 69.8. The highest BCUT2D eigenvalue weighted by molar-refractivity contribution is 6.01. The Morgan fingerprint density at radius 2 is 0.590 bits per heavy atom. The van der Waals surface area contributed by atoms with Gasteiger partial charge in [-0.25, -0.2) is 4.79 Å². The van der Waals surface area contributed by atoms with Gasteiger partial charge in [0.1, 0.15) is 66.5 Å². The molecule has 0 aromatic rings. The summed E-state index contributed by atoms with van der Waals surface area (Å²) in [6.45, 7) is 8.42. The Morgan fingerprint density at radius 3 is 0.905 bits per heavy atom. The zero-order valence-corrected chi connectivity index (χ0v) is 60.5. The molecule has 40 heteroatoms. The van der Waals surface area contributed by atoms with Gasteiger partial charge in [-0.1, -0.05) is 20.4 Å². The molecule has 0 aliphatic heterocycles. The number of rotatable bonds is 59. The minimum atomic E-state index is -1.98. The van der Waals surface area contributed by atoms with Crippen molar-refractivity contribution in [3.8, 4) is 0 Å². The average molecular weight is 1500 g/mol. The Hall–Kier alpha value is -9.51. The molecule has 0 spiro atoms. The molecular weight excluding hydrogens is 1380 g/mol. The van der Waals surface area contributed by atoms with Crippen LogP contribution >= 0.6 is 0 Å². The first-order valence-corrected chi connectivity index (χ1v) is 35.2. The highest BCUT2D eigenvalue weighted by Crippen LogP contribution is 2.13.